The zero-order valence-corrected chi connectivity index (χ0v) is 17.7. The van der Waals surface area contributed by atoms with E-state index in [-0.39, 0.29) is 5.57 Å². The van der Waals surface area contributed by atoms with Crippen LogP contribution in [-0.2, 0) is 11.4 Å². The molecule has 0 aliphatic heterocycles. The summed E-state index contributed by atoms with van der Waals surface area (Å²) in [5.41, 5.74) is 3.09. The van der Waals surface area contributed by atoms with E-state index in [1.807, 2.05) is 37.3 Å². The van der Waals surface area contributed by atoms with Gasteiger partial charge in [-0.3, -0.25) is 4.79 Å². The number of anilines is 1. The van der Waals surface area contributed by atoms with Gasteiger partial charge in [0.2, 0.25) is 0 Å². The summed E-state index contributed by atoms with van der Waals surface area (Å²) < 4.78 is 5.93. The van der Waals surface area contributed by atoms with Crippen molar-refractivity contribution in [1.29, 1.82) is 5.26 Å². The Hall–Kier alpha value is -3.26. The van der Waals surface area contributed by atoms with Gasteiger partial charge in [0.15, 0.2) is 0 Å². The lowest BCUT2D eigenvalue weighted by Gasteiger charge is -2.11. The minimum atomic E-state index is -0.552. The van der Waals surface area contributed by atoms with Gasteiger partial charge in [0, 0.05) is 21.3 Å². The fraction of sp³-hybridized carbons (Fsp3) is 0.0833. The van der Waals surface area contributed by atoms with Gasteiger partial charge in [-0.2, -0.15) is 5.26 Å². The molecular weight excluding hydrogens is 419 g/mol. The summed E-state index contributed by atoms with van der Waals surface area (Å²) >= 11 is 12.1. The van der Waals surface area contributed by atoms with Crippen molar-refractivity contribution < 1.29 is 9.53 Å². The Morgan fingerprint density at radius 2 is 1.83 bits per heavy atom. The number of nitrogens with zero attached hydrogens (tertiary/aromatic N) is 1. The van der Waals surface area contributed by atoms with Crippen LogP contribution in [0.4, 0.5) is 5.69 Å². The molecule has 3 aromatic rings. The molecule has 0 atom stereocenters. The molecule has 30 heavy (non-hydrogen) atoms. The van der Waals surface area contributed by atoms with Crippen LogP contribution in [0.25, 0.3) is 6.08 Å². The molecule has 3 aromatic carbocycles. The monoisotopic (exact) mass is 436 g/mol. The summed E-state index contributed by atoms with van der Waals surface area (Å²) in [7, 11) is 0. The highest BCUT2D eigenvalue weighted by atomic mass is 35.5. The van der Waals surface area contributed by atoms with Crippen LogP contribution in [0, 0.1) is 18.3 Å². The van der Waals surface area contributed by atoms with Gasteiger partial charge in [-0.1, -0.05) is 59.1 Å². The molecule has 1 N–H and O–H groups in total. The zero-order chi connectivity index (χ0) is 21.5. The van der Waals surface area contributed by atoms with Crippen molar-refractivity contribution in [2.24, 2.45) is 0 Å². The fourth-order valence-electron chi connectivity index (χ4n) is 2.80. The average molecular weight is 437 g/mol. The number of aryl methyl sites for hydroxylation is 1. The van der Waals surface area contributed by atoms with E-state index < -0.39 is 5.91 Å². The third-order valence-electron chi connectivity index (χ3n) is 4.20. The maximum absolute atomic E-state index is 12.6. The highest BCUT2D eigenvalue weighted by Crippen LogP contribution is 2.27. The molecule has 0 aliphatic carbocycles. The van der Waals surface area contributed by atoms with Crippen LogP contribution in [0.5, 0.6) is 5.75 Å². The van der Waals surface area contributed by atoms with E-state index in [0.29, 0.717) is 33.7 Å². The maximum Gasteiger partial charge on any atom is 0.266 e. The standard InChI is InChI=1S/C24H18Cl2N2O2/c1-16-4-2-5-17(10-16)15-30-23-9-8-21(26)12-18(23)11-19(14-27)24(29)28-22-7-3-6-20(25)13-22/h2-13H,15H2,1H3,(H,28,29)/b19-11+. The van der Waals surface area contributed by atoms with E-state index >= 15 is 0 Å². The molecule has 150 valence electrons. The normalized spacial score (nSPS) is 10.9. The number of rotatable bonds is 6. The second-order valence-corrected chi connectivity index (χ2v) is 7.47. The van der Waals surface area contributed by atoms with E-state index in [2.05, 4.69) is 5.32 Å². The molecule has 3 rings (SSSR count). The molecule has 6 heteroatoms. The van der Waals surface area contributed by atoms with E-state index in [1.165, 1.54) is 6.08 Å². The van der Waals surface area contributed by atoms with Crippen LogP contribution >= 0.6 is 23.2 Å². The number of carbonyl (C=O) groups excluding carboxylic acids is 1. The molecule has 0 fully saturated rings. The number of ether oxygens (including phenoxy) is 1. The van der Waals surface area contributed by atoms with Gasteiger partial charge in [-0.05, 0) is 55.0 Å². The predicted octanol–water partition coefficient (Wildman–Crippen LogP) is 6.43. The molecule has 0 saturated heterocycles. The van der Waals surface area contributed by atoms with Crippen LogP contribution in [0.15, 0.2) is 72.3 Å². The van der Waals surface area contributed by atoms with Crippen molar-refractivity contribution in [3.63, 3.8) is 0 Å². The molecule has 0 aromatic heterocycles. The molecular formula is C24H18Cl2N2O2. The Morgan fingerprint density at radius 3 is 2.57 bits per heavy atom. The van der Waals surface area contributed by atoms with Crippen LogP contribution in [0.1, 0.15) is 16.7 Å². The number of halogens is 2. The first kappa shape index (κ1) is 21.4. The van der Waals surface area contributed by atoms with Crippen molar-refractivity contribution in [3.05, 3.63) is 99.0 Å². The van der Waals surface area contributed by atoms with Gasteiger partial charge >= 0.3 is 0 Å². The Bertz CT molecular complexity index is 1150. The van der Waals surface area contributed by atoms with Crippen LogP contribution in [-0.4, -0.2) is 5.91 Å². The largest absolute Gasteiger partial charge is 0.488 e. The third kappa shape index (κ3) is 5.87. The number of nitrogens with one attached hydrogen (secondary N) is 1. The van der Waals surface area contributed by atoms with Crippen LogP contribution in [0.3, 0.4) is 0 Å². The Labute approximate surface area is 185 Å². The third-order valence-corrected chi connectivity index (χ3v) is 4.67. The van der Waals surface area contributed by atoms with Crippen molar-refractivity contribution in [2.45, 2.75) is 13.5 Å². The second-order valence-electron chi connectivity index (χ2n) is 6.59. The Morgan fingerprint density at radius 1 is 1.07 bits per heavy atom. The smallest absolute Gasteiger partial charge is 0.266 e. The SMILES string of the molecule is Cc1cccc(COc2ccc(Cl)cc2/C=C(\C#N)C(=O)Nc2cccc(Cl)c2)c1. The second kappa shape index (κ2) is 9.98. The molecule has 0 aliphatic rings. The van der Waals surface area contributed by atoms with Gasteiger partial charge in [-0.25, -0.2) is 0 Å². The minimum absolute atomic E-state index is 0.0855. The fourth-order valence-corrected chi connectivity index (χ4v) is 3.17. The first-order chi connectivity index (χ1) is 14.4. The Kier molecular flexibility index (Phi) is 7.13. The molecule has 1 amide bonds. The zero-order valence-electron chi connectivity index (χ0n) is 16.2. The molecule has 4 nitrogen and oxygen atoms in total. The number of nitriles is 1. The topological polar surface area (TPSA) is 62.1 Å². The lowest BCUT2D eigenvalue weighted by atomic mass is 10.1. The average Bonchev–Trinajstić information content (AvgIpc) is 2.71. The van der Waals surface area contributed by atoms with Gasteiger partial charge in [0.1, 0.15) is 24.0 Å². The summed E-state index contributed by atoms with van der Waals surface area (Å²) in [6, 6.07) is 21.7. The van der Waals surface area contributed by atoms with Crippen molar-refractivity contribution in [3.8, 4) is 11.8 Å². The van der Waals surface area contributed by atoms with Crippen LogP contribution in [0.2, 0.25) is 10.0 Å². The summed E-state index contributed by atoms with van der Waals surface area (Å²) in [6.07, 6.45) is 1.46. The minimum Gasteiger partial charge on any atom is -0.488 e. The van der Waals surface area contributed by atoms with Gasteiger partial charge in [-0.15, -0.1) is 0 Å². The van der Waals surface area contributed by atoms with Gasteiger partial charge in [0.25, 0.3) is 5.91 Å². The summed E-state index contributed by atoms with van der Waals surface area (Å²) in [6.45, 7) is 2.36. The van der Waals surface area contributed by atoms with Crippen molar-refractivity contribution >= 4 is 40.9 Å². The quantitative estimate of drug-likeness (QED) is 0.357. The first-order valence-corrected chi connectivity index (χ1v) is 9.87. The van der Waals surface area contributed by atoms with Gasteiger partial charge in [0.05, 0.1) is 0 Å². The molecule has 0 spiro atoms. The van der Waals surface area contributed by atoms with Crippen LogP contribution < -0.4 is 10.1 Å². The summed E-state index contributed by atoms with van der Waals surface area (Å²) in [4.78, 5) is 12.6. The van der Waals surface area contributed by atoms with E-state index in [0.717, 1.165) is 11.1 Å². The summed E-state index contributed by atoms with van der Waals surface area (Å²) in [5, 5.41) is 13.1. The lowest BCUT2D eigenvalue weighted by Crippen LogP contribution is -2.13. The molecule has 0 bridgehead atoms. The number of hydrogen-bond donors (Lipinski definition) is 1. The van der Waals surface area contributed by atoms with E-state index in [4.69, 9.17) is 27.9 Å². The molecule has 0 radical (unpaired) electrons. The number of amides is 1. The first-order valence-electron chi connectivity index (χ1n) is 9.11. The number of carbonyl (C=O) groups is 1. The lowest BCUT2D eigenvalue weighted by molar-refractivity contribution is -0.112. The van der Waals surface area contributed by atoms with Crippen molar-refractivity contribution in [1.82, 2.24) is 0 Å². The van der Waals surface area contributed by atoms with E-state index in [1.54, 1.807) is 42.5 Å². The van der Waals surface area contributed by atoms with E-state index in [9.17, 15) is 10.1 Å². The molecule has 0 saturated carbocycles. The summed E-state index contributed by atoms with van der Waals surface area (Å²) in [5.74, 6) is -0.0337. The Balaban J connectivity index is 1.83. The predicted molar refractivity (Wildman–Crippen MR) is 121 cm³/mol. The molecule has 0 heterocycles. The number of hydrogen-bond acceptors (Lipinski definition) is 3. The number of benzene rings is 3. The van der Waals surface area contributed by atoms with Crippen molar-refractivity contribution in [2.75, 3.05) is 5.32 Å². The van der Waals surface area contributed by atoms with Gasteiger partial charge < -0.3 is 10.1 Å². The molecule has 0 unspecified atom stereocenters. The highest BCUT2D eigenvalue weighted by molar-refractivity contribution is 6.31. The highest BCUT2D eigenvalue weighted by Gasteiger charge is 2.12. The maximum atomic E-state index is 12.6.